The first kappa shape index (κ1) is 21.0. The quantitative estimate of drug-likeness (QED) is 0.412. The van der Waals surface area contributed by atoms with Crippen molar-refractivity contribution < 1.29 is 22.8 Å². The first-order valence-corrected chi connectivity index (χ1v) is 8.17. The van der Waals surface area contributed by atoms with Gasteiger partial charge in [-0.25, -0.2) is 5.43 Å². The van der Waals surface area contributed by atoms with E-state index in [4.69, 9.17) is 34.8 Å². The molecule has 0 saturated carbocycles. The van der Waals surface area contributed by atoms with Gasteiger partial charge in [0, 0.05) is 10.6 Å². The summed E-state index contributed by atoms with van der Waals surface area (Å²) in [5, 5.41) is 6.04. The predicted octanol–water partition coefficient (Wildman–Crippen LogP) is 4.75. The van der Waals surface area contributed by atoms with Gasteiger partial charge in [0.1, 0.15) is 0 Å². The number of hydrogen-bond acceptors (Lipinski definition) is 3. The van der Waals surface area contributed by atoms with E-state index in [1.54, 1.807) is 6.07 Å². The topological polar surface area (TPSA) is 70.6 Å². The maximum absolute atomic E-state index is 12.7. The number of rotatable bonds is 3. The molecule has 0 aliphatic heterocycles. The van der Waals surface area contributed by atoms with Gasteiger partial charge in [-0.1, -0.05) is 40.9 Å². The Balaban J connectivity index is 2.04. The number of hydrogen-bond donors (Lipinski definition) is 2. The van der Waals surface area contributed by atoms with E-state index in [1.807, 2.05) is 10.7 Å². The number of amides is 2. The fraction of sp³-hybridized carbons (Fsp3) is 0.0625. The molecule has 2 aromatic carbocycles. The molecule has 0 saturated heterocycles. The highest BCUT2D eigenvalue weighted by Crippen LogP contribution is 2.33. The number of benzene rings is 2. The first-order valence-electron chi connectivity index (χ1n) is 7.04. The zero-order valence-corrected chi connectivity index (χ0v) is 15.3. The van der Waals surface area contributed by atoms with Gasteiger partial charge in [-0.2, -0.15) is 18.3 Å². The molecule has 2 rings (SSSR count). The Kier molecular flexibility index (Phi) is 6.69. The van der Waals surface area contributed by atoms with Gasteiger partial charge in [-0.15, -0.1) is 0 Å². The molecule has 2 N–H and O–H groups in total. The monoisotopic (exact) mass is 437 g/mol. The van der Waals surface area contributed by atoms with Gasteiger partial charge in [0.05, 0.1) is 27.5 Å². The van der Waals surface area contributed by atoms with E-state index in [9.17, 15) is 22.8 Å². The lowest BCUT2D eigenvalue weighted by Crippen LogP contribution is -2.32. The van der Waals surface area contributed by atoms with Crippen LogP contribution in [0.4, 0.5) is 18.9 Å². The standard InChI is InChI=1S/C16H9Cl3F3N3O2/c17-10-3-1-8(12(19)6-10)7-23-25-15(27)14(26)24-13-5-9(16(20,21)22)2-4-11(13)18/h1-7H,(H,24,26)(H,25,27)/b23-7+. The maximum atomic E-state index is 12.7. The fourth-order valence-electron chi connectivity index (χ4n) is 1.79. The minimum absolute atomic E-state index is 0.166. The van der Waals surface area contributed by atoms with Crippen molar-refractivity contribution in [2.24, 2.45) is 5.10 Å². The van der Waals surface area contributed by atoms with E-state index in [0.29, 0.717) is 16.7 Å². The van der Waals surface area contributed by atoms with Crippen molar-refractivity contribution in [1.29, 1.82) is 0 Å². The molecule has 0 spiro atoms. The number of alkyl halides is 3. The molecule has 0 heterocycles. The van der Waals surface area contributed by atoms with Crippen LogP contribution < -0.4 is 10.7 Å². The summed E-state index contributed by atoms with van der Waals surface area (Å²) >= 11 is 17.4. The zero-order valence-electron chi connectivity index (χ0n) is 13.1. The van der Waals surface area contributed by atoms with Crippen molar-refractivity contribution in [3.63, 3.8) is 0 Å². The van der Waals surface area contributed by atoms with Crippen LogP contribution in [0, 0.1) is 0 Å². The number of carbonyl (C=O) groups excluding carboxylic acids is 2. The lowest BCUT2D eigenvalue weighted by Gasteiger charge is -2.11. The lowest BCUT2D eigenvalue weighted by atomic mass is 10.2. The van der Waals surface area contributed by atoms with Gasteiger partial charge >= 0.3 is 18.0 Å². The summed E-state index contributed by atoms with van der Waals surface area (Å²) in [7, 11) is 0. The largest absolute Gasteiger partial charge is 0.416 e. The molecule has 2 amide bonds. The minimum Gasteiger partial charge on any atom is -0.316 e. The Morgan fingerprint density at radius 1 is 0.963 bits per heavy atom. The second-order valence-electron chi connectivity index (χ2n) is 5.01. The second kappa shape index (κ2) is 8.60. The van der Waals surface area contributed by atoms with Gasteiger partial charge in [-0.3, -0.25) is 9.59 Å². The fourth-order valence-corrected chi connectivity index (χ4v) is 2.42. The van der Waals surface area contributed by atoms with Crippen molar-refractivity contribution in [2.75, 3.05) is 5.32 Å². The number of anilines is 1. The number of hydrazone groups is 1. The summed E-state index contributed by atoms with van der Waals surface area (Å²) in [5.41, 5.74) is 0.944. The van der Waals surface area contributed by atoms with Crippen LogP contribution >= 0.6 is 34.8 Å². The van der Waals surface area contributed by atoms with Crippen LogP contribution in [0.3, 0.4) is 0 Å². The highest BCUT2D eigenvalue weighted by atomic mass is 35.5. The van der Waals surface area contributed by atoms with Crippen molar-refractivity contribution in [3.8, 4) is 0 Å². The zero-order chi connectivity index (χ0) is 20.2. The Bertz CT molecular complexity index is 918. The van der Waals surface area contributed by atoms with Gasteiger partial charge < -0.3 is 5.32 Å². The third-order valence-electron chi connectivity index (χ3n) is 3.08. The van der Waals surface area contributed by atoms with E-state index in [-0.39, 0.29) is 15.7 Å². The molecule has 27 heavy (non-hydrogen) atoms. The Hall–Kier alpha value is -2.29. The smallest absolute Gasteiger partial charge is 0.316 e. The molecular formula is C16H9Cl3F3N3O2. The normalized spacial score (nSPS) is 11.5. The molecule has 2 aromatic rings. The average molecular weight is 439 g/mol. The molecule has 0 fully saturated rings. The van der Waals surface area contributed by atoms with Crippen molar-refractivity contribution in [1.82, 2.24) is 5.43 Å². The first-order chi connectivity index (χ1) is 12.6. The summed E-state index contributed by atoms with van der Waals surface area (Å²) in [6, 6.07) is 6.84. The predicted molar refractivity (Wildman–Crippen MR) is 97.3 cm³/mol. The second-order valence-corrected chi connectivity index (χ2v) is 6.26. The highest BCUT2D eigenvalue weighted by molar-refractivity contribution is 6.41. The third kappa shape index (κ3) is 5.85. The Labute approximate surface area is 166 Å². The van der Waals surface area contributed by atoms with E-state index in [1.165, 1.54) is 18.3 Å². The van der Waals surface area contributed by atoms with E-state index in [2.05, 4.69) is 5.10 Å². The van der Waals surface area contributed by atoms with Crippen LogP contribution in [0.15, 0.2) is 41.5 Å². The molecule has 0 aromatic heterocycles. The number of nitrogens with one attached hydrogen (secondary N) is 2. The van der Waals surface area contributed by atoms with Crippen LogP contribution in [0.1, 0.15) is 11.1 Å². The molecule has 11 heteroatoms. The van der Waals surface area contributed by atoms with Crippen LogP contribution in [0.2, 0.25) is 15.1 Å². The van der Waals surface area contributed by atoms with Crippen molar-refractivity contribution in [2.45, 2.75) is 6.18 Å². The highest BCUT2D eigenvalue weighted by Gasteiger charge is 2.31. The summed E-state index contributed by atoms with van der Waals surface area (Å²) in [6.45, 7) is 0. The number of nitrogens with zero attached hydrogens (tertiary/aromatic N) is 1. The van der Waals surface area contributed by atoms with Crippen LogP contribution in [-0.4, -0.2) is 18.0 Å². The van der Waals surface area contributed by atoms with Crippen LogP contribution in [-0.2, 0) is 15.8 Å². The van der Waals surface area contributed by atoms with Gasteiger partial charge in [-0.05, 0) is 30.3 Å². The minimum atomic E-state index is -4.63. The molecule has 0 radical (unpaired) electrons. The SMILES string of the molecule is O=C(N/N=C/c1ccc(Cl)cc1Cl)C(=O)Nc1cc(C(F)(F)F)ccc1Cl. The summed E-state index contributed by atoms with van der Waals surface area (Å²) in [4.78, 5) is 23.5. The molecule has 0 aliphatic carbocycles. The van der Waals surface area contributed by atoms with E-state index >= 15 is 0 Å². The summed E-state index contributed by atoms with van der Waals surface area (Å²) in [6.07, 6.45) is -3.46. The van der Waals surface area contributed by atoms with Crippen molar-refractivity contribution >= 4 is 58.5 Å². The van der Waals surface area contributed by atoms with Crippen molar-refractivity contribution in [3.05, 3.63) is 62.6 Å². The molecule has 0 unspecified atom stereocenters. The van der Waals surface area contributed by atoms with Crippen LogP contribution in [0.25, 0.3) is 0 Å². The molecule has 5 nitrogen and oxygen atoms in total. The maximum Gasteiger partial charge on any atom is 0.416 e. The molecule has 0 bridgehead atoms. The molecular weight excluding hydrogens is 430 g/mol. The van der Waals surface area contributed by atoms with E-state index < -0.39 is 23.6 Å². The number of halogens is 6. The van der Waals surface area contributed by atoms with Gasteiger partial charge in [0.2, 0.25) is 0 Å². The van der Waals surface area contributed by atoms with E-state index in [0.717, 1.165) is 12.1 Å². The molecule has 0 aliphatic rings. The Morgan fingerprint density at radius 3 is 2.30 bits per heavy atom. The molecule has 0 atom stereocenters. The summed E-state index contributed by atoms with van der Waals surface area (Å²) < 4.78 is 38.1. The average Bonchev–Trinajstić information content (AvgIpc) is 2.57. The van der Waals surface area contributed by atoms with Gasteiger partial charge in [0.15, 0.2) is 0 Å². The number of carbonyl (C=O) groups is 2. The summed E-state index contributed by atoms with van der Waals surface area (Å²) in [5.74, 6) is -2.47. The lowest BCUT2D eigenvalue weighted by molar-refractivity contribution is -0.137. The van der Waals surface area contributed by atoms with Gasteiger partial charge in [0.25, 0.3) is 0 Å². The molecule has 142 valence electrons. The van der Waals surface area contributed by atoms with Crippen LogP contribution in [0.5, 0.6) is 0 Å². The third-order valence-corrected chi connectivity index (χ3v) is 3.97. The Morgan fingerprint density at radius 2 is 1.67 bits per heavy atom.